The number of amides is 1. The van der Waals surface area contributed by atoms with Crippen LogP contribution in [0, 0.1) is 0 Å². The number of ether oxygens (including phenoxy) is 1. The predicted octanol–water partition coefficient (Wildman–Crippen LogP) is 1.17. The van der Waals surface area contributed by atoms with Crippen molar-refractivity contribution in [1.82, 2.24) is 4.90 Å². The van der Waals surface area contributed by atoms with Crippen molar-refractivity contribution in [3.05, 3.63) is 29.8 Å². The molecule has 8 heteroatoms. The first-order valence-corrected chi connectivity index (χ1v) is 10.00. The number of hydrogen-bond acceptors (Lipinski definition) is 5. The van der Waals surface area contributed by atoms with Gasteiger partial charge in [0.15, 0.2) is 9.84 Å². The number of hydrogen-bond donors (Lipinski definition) is 1. The van der Waals surface area contributed by atoms with E-state index in [0.29, 0.717) is 18.6 Å². The van der Waals surface area contributed by atoms with E-state index in [-0.39, 0.29) is 0 Å². The fourth-order valence-electron chi connectivity index (χ4n) is 3.88. The van der Waals surface area contributed by atoms with Gasteiger partial charge in [-0.25, -0.2) is 13.2 Å². The van der Waals surface area contributed by atoms with E-state index in [1.165, 1.54) is 0 Å². The van der Waals surface area contributed by atoms with Crippen LogP contribution in [0.4, 0.5) is 0 Å². The Morgan fingerprint density at radius 1 is 1.20 bits per heavy atom. The van der Waals surface area contributed by atoms with Gasteiger partial charge < -0.3 is 14.7 Å². The van der Waals surface area contributed by atoms with Crippen LogP contribution in [0.2, 0.25) is 0 Å². The van der Waals surface area contributed by atoms with E-state index in [1.54, 1.807) is 19.2 Å². The molecule has 3 rings (SSSR count). The van der Waals surface area contributed by atoms with Gasteiger partial charge in [-0.05, 0) is 30.5 Å². The maximum Gasteiger partial charge on any atom is 0.327 e. The molecule has 0 aromatic heterocycles. The smallest absolute Gasteiger partial charge is 0.327 e. The molecular weight excluding hydrogens is 346 g/mol. The molecule has 1 heterocycles. The third-order valence-corrected chi connectivity index (χ3v) is 6.67. The van der Waals surface area contributed by atoms with Crippen LogP contribution in [-0.4, -0.2) is 55.1 Å². The molecule has 1 amide bonds. The summed E-state index contributed by atoms with van der Waals surface area (Å²) < 4.78 is 29.0. The summed E-state index contributed by atoms with van der Waals surface area (Å²) in [6.45, 7) is 0. The van der Waals surface area contributed by atoms with Crippen molar-refractivity contribution in [2.45, 2.75) is 37.1 Å². The van der Waals surface area contributed by atoms with Crippen LogP contribution in [0.1, 0.15) is 31.2 Å². The molecule has 0 spiro atoms. The fraction of sp³-hybridized carbons (Fsp3) is 0.529. The summed E-state index contributed by atoms with van der Waals surface area (Å²) in [5, 5.41) is 9.36. The maximum atomic E-state index is 13.3. The van der Waals surface area contributed by atoms with Crippen molar-refractivity contribution in [2.24, 2.45) is 0 Å². The van der Waals surface area contributed by atoms with Crippen LogP contribution in [-0.2, 0) is 24.8 Å². The van der Waals surface area contributed by atoms with Crippen molar-refractivity contribution in [2.75, 3.05) is 18.7 Å². The summed E-state index contributed by atoms with van der Waals surface area (Å²) in [5.74, 6) is -2.06. The standard InChI is InChI=1S/C17H21NO6S/c1-24-13-6-4-12(5-7-13)17(8-2-3-9-17)16(21)18-11-25(22,23)10-14(18)15(19)20/h4-7,14H,2-3,8-11H2,1H3,(H,19,20)/t14-/m1/s1. The Morgan fingerprint density at radius 2 is 1.80 bits per heavy atom. The van der Waals surface area contributed by atoms with Crippen LogP contribution < -0.4 is 4.74 Å². The molecule has 1 aliphatic heterocycles. The average molecular weight is 367 g/mol. The number of sulfone groups is 1. The van der Waals surface area contributed by atoms with E-state index in [9.17, 15) is 23.1 Å². The minimum absolute atomic E-state index is 0.399. The molecule has 1 saturated carbocycles. The Bertz CT molecular complexity index is 780. The highest BCUT2D eigenvalue weighted by molar-refractivity contribution is 7.91. The Labute approximate surface area is 146 Å². The molecule has 1 atom stereocenters. The maximum absolute atomic E-state index is 13.3. The van der Waals surface area contributed by atoms with Crippen LogP contribution >= 0.6 is 0 Å². The predicted molar refractivity (Wildman–Crippen MR) is 90.1 cm³/mol. The summed E-state index contributed by atoms with van der Waals surface area (Å²) in [6, 6.07) is 5.83. The molecule has 1 N–H and O–H groups in total. The quantitative estimate of drug-likeness (QED) is 0.857. The second-order valence-corrected chi connectivity index (χ2v) is 8.76. The number of carboxylic acid groups (broad SMARTS) is 1. The van der Waals surface area contributed by atoms with E-state index in [2.05, 4.69) is 0 Å². The van der Waals surface area contributed by atoms with Gasteiger partial charge in [-0.2, -0.15) is 0 Å². The van der Waals surface area contributed by atoms with Crippen LogP contribution in [0.25, 0.3) is 0 Å². The number of carboxylic acids is 1. The van der Waals surface area contributed by atoms with E-state index in [4.69, 9.17) is 4.74 Å². The normalized spacial score (nSPS) is 24.2. The van der Waals surface area contributed by atoms with Gasteiger partial charge in [0, 0.05) is 0 Å². The first kappa shape index (κ1) is 17.7. The molecule has 2 fully saturated rings. The van der Waals surface area contributed by atoms with E-state index < -0.39 is 44.8 Å². The number of rotatable bonds is 4. The molecule has 136 valence electrons. The first-order chi connectivity index (χ1) is 11.8. The number of nitrogens with zero attached hydrogens (tertiary/aromatic N) is 1. The van der Waals surface area contributed by atoms with Gasteiger partial charge in [0.1, 0.15) is 17.7 Å². The minimum atomic E-state index is -3.58. The van der Waals surface area contributed by atoms with Gasteiger partial charge in [-0.3, -0.25) is 4.79 Å². The summed E-state index contributed by atoms with van der Waals surface area (Å²) in [5.41, 5.74) is -0.0796. The molecular formula is C17H21NO6S. The van der Waals surface area contributed by atoms with E-state index in [1.807, 2.05) is 12.1 Å². The Hall–Kier alpha value is -2.09. The highest BCUT2D eigenvalue weighted by Crippen LogP contribution is 2.44. The first-order valence-electron chi connectivity index (χ1n) is 8.18. The van der Waals surface area contributed by atoms with Crippen LogP contribution in [0.15, 0.2) is 24.3 Å². The Kier molecular flexibility index (Phi) is 4.49. The van der Waals surface area contributed by atoms with Crippen molar-refractivity contribution in [3.63, 3.8) is 0 Å². The summed E-state index contributed by atoms with van der Waals surface area (Å²) in [6.07, 6.45) is 2.86. The lowest BCUT2D eigenvalue weighted by Crippen LogP contribution is -2.50. The minimum Gasteiger partial charge on any atom is -0.497 e. The third kappa shape index (κ3) is 3.10. The number of benzene rings is 1. The lowest BCUT2D eigenvalue weighted by Gasteiger charge is -2.34. The zero-order valence-corrected chi connectivity index (χ0v) is 14.8. The molecule has 0 unspecified atom stereocenters. The van der Waals surface area contributed by atoms with E-state index >= 15 is 0 Å². The largest absolute Gasteiger partial charge is 0.497 e. The molecule has 1 aliphatic carbocycles. The van der Waals surface area contributed by atoms with E-state index in [0.717, 1.165) is 23.3 Å². The highest BCUT2D eigenvalue weighted by Gasteiger charge is 2.51. The topological polar surface area (TPSA) is 101 Å². The number of carbonyl (C=O) groups excluding carboxylic acids is 1. The van der Waals surface area contributed by atoms with Crippen LogP contribution in [0.5, 0.6) is 5.75 Å². The van der Waals surface area contributed by atoms with Crippen molar-refractivity contribution < 1.29 is 27.9 Å². The number of methoxy groups -OCH3 is 1. The van der Waals surface area contributed by atoms with Crippen molar-refractivity contribution >= 4 is 21.7 Å². The highest BCUT2D eigenvalue weighted by atomic mass is 32.2. The molecule has 0 bridgehead atoms. The van der Waals surface area contributed by atoms with Crippen molar-refractivity contribution in [3.8, 4) is 5.75 Å². The third-order valence-electron chi connectivity index (χ3n) is 5.18. The SMILES string of the molecule is COc1ccc(C2(C(=O)N3CS(=O)(=O)C[C@@H]3C(=O)O)CCCC2)cc1. The van der Waals surface area contributed by atoms with Gasteiger partial charge in [-0.1, -0.05) is 25.0 Å². The zero-order valence-electron chi connectivity index (χ0n) is 14.0. The Morgan fingerprint density at radius 3 is 2.32 bits per heavy atom. The number of carbonyl (C=O) groups is 2. The second-order valence-electron chi connectivity index (χ2n) is 6.69. The van der Waals surface area contributed by atoms with Crippen molar-refractivity contribution in [1.29, 1.82) is 0 Å². The Balaban J connectivity index is 1.99. The monoisotopic (exact) mass is 367 g/mol. The van der Waals surface area contributed by atoms with Gasteiger partial charge in [0.05, 0.1) is 18.3 Å². The molecule has 7 nitrogen and oxygen atoms in total. The van der Waals surface area contributed by atoms with Gasteiger partial charge in [0.2, 0.25) is 5.91 Å². The molecule has 1 aromatic rings. The molecule has 0 radical (unpaired) electrons. The lowest BCUT2D eigenvalue weighted by atomic mass is 9.77. The molecule has 25 heavy (non-hydrogen) atoms. The summed E-state index contributed by atoms with van der Waals surface area (Å²) in [4.78, 5) is 25.8. The fourth-order valence-corrected chi connectivity index (χ4v) is 5.51. The molecule has 1 aromatic carbocycles. The van der Waals surface area contributed by atoms with Gasteiger partial charge >= 0.3 is 5.97 Å². The number of aliphatic carboxylic acids is 1. The summed E-state index contributed by atoms with van der Waals surface area (Å²) >= 11 is 0. The lowest BCUT2D eigenvalue weighted by molar-refractivity contribution is -0.150. The van der Waals surface area contributed by atoms with Crippen LogP contribution in [0.3, 0.4) is 0 Å². The second kappa shape index (κ2) is 6.33. The molecule has 1 saturated heterocycles. The van der Waals surface area contributed by atoms with Gasteiger partial charge in [0.25, 0.3) is 0 Å². The molecule has 2 aliphatic rings. The average Bonchev–Trinajstić information content (AvgIpc) is 3.19. The summed E-state index contributed by atoms with van der Waals surface area (Å²) in [7, 11) is -2.03. The van der Waals surface area contributed by atoms with Gasteiger partial charge in [-0.15, -0.1) is 0 Å². The zero-order chi connectivity index (χ0) is 18.2.